The summed E-state index contributed by atoms with van der Waals surface area (Å²) in [5.41, 5.74) is 0. The van der Waals surface area contributed by atoms with Gasteiger partial charge in [0.25, 0.3) is 0 Å². The molecule has 0 saturated carbocycles. The number of unbranched alkanes of at least 4 members (excludes halogenated alkanes) is 5. The molecule has 6 heteroatoms. The minimum Gasteiger partial charge on any atom is -0.515 e. The van der Waals surface area contributed by atoms with Crippen molar-refractivity contribution in [3.63, 3.8) is 0 Å². The highest BCUT2D eigenvalue weighted by Gasteiger charge is 2.26. The van der Waals surface area contributed by atoms with Gasteiger partial charge in [0, 0.05) is 7.11 Å². The van der Waals surface area contributed by atoms with Crippen LogP contribution in [0.5, 0.6) is 0 Å². The Hall–Kier alpha value is -0.353. The number of aliphatic hydroxyl groups is 2. The largest absolute Gasteiger partial charge is 0.515 e. The summed E-state index contributed by atoms with van der Waals surface area (Å²) in [5, 5.41) is 28.2. The van der Waals surface area contributed by atoms with Crippen LogP contribution in [0.2, 0.25) is 0 Å². The van der Waals surface area contributed by atoms with Crippen molar-refractivity contribution in [2.24, 2.45) is 0 Å². The molecular formula is C14H26NO3SSi. The van der Waals surface area contributed by atoms with E-state index < -0.39 is 10.5 Å². The molecule has 0 aliphatic heterocycles. The van der Waals surface area contributed by atoms with Crippen LogP contribution in [-0.2, 0) is 4.74 Å². The van der Waals surface area contributed by atoms with Gasteiger partial charge in [0.1, 0.15) is 19.6 Å². The highest BCUT2D eigenvalue weighted by molar-refractivity contribution is 7.83. The van der Waals surface area contributed by atoms with E-state index in [4.69, 9.17) is 9.84 Å². The number of aliphatic hydroxyl groups excluding tert-OH is 2. The van der Waals surface area contributed by atoms with Crippen LogP contribution in [0.15, 0.2) is 0 Å². The molecular weight excluding hydrogens is 290 g/mol. The molecule has 0 aliphatic carbocycles. The Labute approximate surface area is 130 Å². The van der Waals surface area contributed by atoms with E-state index in [1.165, 1.54) is 32.8 Å². The lowest BCUT2D eigenvalue weighted by Gasteiger charge is -2.18. The van der Waals surface area contributed by atoms with Gasteiger partial charge in [-0.3, -0.25) is 0 Å². The summed E-state index contributed by atoms with van der Waals surface area (Å²) in [6, 6.07) is 2.17. The minimum atomic E-state index is -0.860. The lowest BCUT2D eigenvalue weighted by molar-refractivity contribution is 0.0852. The highest BCUT2D eigenvalue weighted by atomic mass is 32.1. The number of nitriles is 1. The summed E-state index contributed by atoms with van der Waals surface area (Å²) in [7, 11) is 1.27. The van der Waals surface area contributed by atoms with Crippen molar-refractivity contribution >= 4 is 27.1 Å². The first-order valence-electron chi connectivity index (χ1n) is 7.14. The molecule has 20 heavy (non-hydrogen) atoms. The zero-order valence-electron chi connectivity index (χ0n) is 12.4. The number of hydrogen-bond donors (Lipinski definition) is 3. The van der Waals surface area contributed by atoms with E-state index in [0.29, 0.717) is 6.42 Å². The van der Waals surface area contributed by atoms with E-state index in [0.717, 1.165) is 12.8 Å². The second-order valence-corrected chi connectivity index (χ2v) is 7.71. The molecule has 0 bridgehead atoms. The number of rotatable bonds is 11. The lowest BCUT2D eigenvalue weighted by atomic mass is 10.1. The number of thiol groups is 1. The van der Waals surface area contributed by atoms with E-state index in [2.05, 4.69) is 25.6 Å². The number of hydrogen-bond acceptors (Lipinski definition) is 5. The van der Waals surface area contributed by atoms with Crippen molar-refractivity contribution in [1.82, 2.24) is 0 Å². The van der Waals surface area contributed by atoms with Crippen LogP contribution in [0.3, 0.4) is 0 Å². The zero-order valence-corrected chi connectivity index (χ0v) is 14.3. The molecule has 2 unspecified atom stereocenters. The SMILES string of the molecule is CCCCCCCCC(S)(C#N)[Si]=C(O)C(CO)OC. The summed E-state index contributed by atoms with van der Waals surface area (Å²) in [6.45, 7) is 1.89. The molecule has 0 spiro atoms. The van der Waals surface area contributed by atoms with Crippen molar-refractivity contribution in [3.8, 4) is 6.07 Å². The smallest absolute Gasteiger partial charge is 0.131 e. The van der Waals surface area contributed by atoms with Crippen molar-refractivity contribution in [2.75, 3.05) is 13.7 Å². The summed E-state index contributed by atoms with van der Waals surface area (Å²) in [6.07, 6.45) is 6.82. The van der Waals surface area contributed by atoms with E-state index in [1.54, 1.807) is 0 Å². The Bertz CT molecular complexity index is 329. The van der Waals surface area contributed by atoms with Gasteiger partial charge in [0.05, 0.1) is 18.0 Å². The Morgan fingerprint density at radius 1 is 1.35 bits per heavy atom. The lowest BCUT2D eigenvalue weighted by Crippen LogP contribution is -2.36. The number of nitrogens with zero attached hydrogens (tertiary/aromatic N) is 1. The van der Waals surface area contributed by atoms with Crippen LogP contribution in [0.1, 0.15) is 51.9 Å². The predicted octanol–water partition coefficient (Wildman–Crippen LogP) is 2.10. The van der Waals surface area contributed by atoms with Gasteiger partial charge < -0.3 is 14.9 Å². The van der Waals surface area contributed by atoms with Crippen molar-refractivity contribution in [1.29, 1.82) is 5.26 Å². The molecule has 0 saturated heterocycles. The van der Waals surface area contributed by atoms with Gasteiger partial charge in [-0.25, -0.2) is 0 Å². The van der Waals surface area contributed by atoms with E-state index in [1.807, 2.05) is 0 Å². The first-order chi connectivity index (χ1) is 9.52. The van der Waals surface area contributed by atoms with Crippen LogP contribution < -0.4 is 0 Å². The van der Waals surface area contributed by atoms with Gasteiger partial charge in [0.2, 0.25) is 0 Å². The standard InChI is InChI=1S/C14H26NO3SSi/c1-3-4-5-6-7-8-9-14(19,11-15)20-13(17)12(10-16)18-2/h12,16-17,19H,3-10H2,1-2H3. The average Bonchev–Trinajstić information content (AvgIpc) is 2.44. The second kappa shape index (κ2) is 11.3. The third-order valence-corrected chi connectivity index (χ3v) is 5.18. The molecule has 0 aromatic carbocycles. The third kappa shape index (κ3) is 8.05. The number of ether oxygens (including phenoxy) is 1. The fourth-order valence-corrected chi connectivity index (χ4v) is 3.53. The zero-order chi connectivity index (χ0) is 15.4. The summed E-state index contributed by atoms with van der Waals surface area (Å²) in [4.78, 5) is 0. The average molecular weight is 317 g/mol. The van der Waals surface area contributed by atoms with E-state index >= 15 is 0 Å². The summed E-state index contributed by atoms with van der Waals surface area (Å²) in [5.74, 6) is 0. The quantitative estimate of drug-likeness (QED) is 0.310. The predicted molar refractivity (Wildman–Crippen MR) is 85.9 cm³/mol. The monoisotopic (exact) mass is 316 g/mol. The highest BCUT2D eigenvalue weighted by Crippen LogP contribution is 2.20. The van der Waals surface area contributed by atoms with Crippen molar-refractivity contribution in [2.45, 2.75) is 62.3 Å². The molecule has 0 rings (SSSR count). The topological polar surface area (TPSA) is 73.5 Å². The van der Waals surface area contributed by atoms with Gasteiger partial charge in [0.15, 0.2) is 0 Å². The summed E-state index contributed by atoms with van der Waals surface area (Å²) < 4.78 is 4.09. The maximum Gasteiger partial charge on any atom is 0.131 e. The fourth-order valence-electron chi connectivity index (χ4n) is 1.87. The van der Waals surface area contributed by atoms with Gasteiger partial charge in [-0.05, 0) is 6.42 Å². The molecule has 0 aromatic rings. The molecule has 0 aromatic heterocycles. The molecule has 0 fully saturated rings. The normalized spacial score (nSPS) is 16.4. The Morgan fingerprint density at radius 2 is 1.95 bits per heavy atom. The third-order valence-electron chi connectivity index (χ3n) is 3.17. The van der Waals surface area contributed by atoms with Gasteiger partial charge in [-0.2, -0.15) is 17.9 Å². The molecule has 4 nitrogen and oxygen atoms in total. The Morgan fingerprint density at radius 3 is 2.45 bits per heavy atom. The van der Waals surface area contributed by atoms with Crippen molar-refractivity contribution < 1.29 is 14.9 Å². The molecule has 2 N–H and O–H groups in total. The molecule has 0 amide bonds. The van der Waals surface area contributed by atoms with Gasteiger partial charge in [-0.15, -0.1) is 0 Å². The van der Waals surface area contributed by atoms with E-state index in [9.17, 15) is 10.4 Å². The molecule has 1 radical (unpaired) electrons. The van der Waals surface area contributed by atoms with Gasteiger partial charge >= 0.3 is 0 Å². The molecule has 0 heterocycles. The fraction of sp³-hybridized carbons (Fsp3) is 0.857. The van der Waals surface area contributed by atoms with Crippen molar-refractivity contribution in [3.05, 3.63) is 0 Å². The van der Waals surface area contributed by atoms with Crippen LogP contribution in [-0.4, -0.2) is 48.9 Å². The molecule has 0 aliphatic rings. The van der Waals surface area contributed by atoms with E-state index in [-0.39, 0.29) is 21.1 Å². The van der Waals surface area contributed by atoms with Crippen LogP contribution in [0.4, 0.5) is 0 Å². The minimum absolute atomic E-state index is 0.0116. The van der Waals surface area contributed by atoms with Crippen LogP contribution in [0.25, 0.3) is 0 Å². The maximum absolute atomic E-state index is 9.89. The van der Waals surface area contributed by atoms with Crippen LogP contribution in [0, 0.1) is 11.3 Å². The first-order valence-corrected chi connectivity index (χ1v) is 8.59. The number of methoxy groups -OCH3 is 1. The molecule has 2 atom stereocenters. The Kier molecular flexibility index (Phi) is 11.1. The Balaban J connectivity index is 4.33. The first kappa shape index (κ1) is 19.6. The summed E-state index contributed by atoms with van der Waals surface area (Å²) >= 11 is 4.41. The second-order valence-electron chi connectivity index (χ2n) is 4.91. The molecule has 115 valence electrons. The maximum atomic E-state index is 9.89. The van der Waals surface area contributed by atoms with Gasteiger partial charge in [-0.1, -0.05) is 45.4 Å². The van der Waals surface area contributed by atoms with Crippen LogP contribution >= 0.6 is 12.6 Å².